The van der Waals surface area contributed by atoms with Crippen LogP contribution < -0.4 is 10.5 Å². The normalized spacial score (nSPS) is 11.8. The van der Waals surface area contributed by atoms with Gasteiger partial charge < -0.3 is 5.73 Å². The standard InChI is InChI=1S/C11H12N2O2S/c1-13-16(14,15)11-9-5-3-2-4-8(9)6-7-10(11)12/h2-7,13H,12H2,1H3. The first-order valence-electron chi connectivity index (χ1n) is 4.77. The van der Waals surface area contributed by atoms with Crippen LogP contribution in [-0.4, -0.2) is 15.5 Å². The van der Waals surface area contributed by atoms with Gasteiger partial charge in [0.1, 0.15) is 4.90 Å². The molecule has 0 unspecified atom stereocenters. The molecule has 0 spiro atoms. The van der Waals surface area contributed by atoms with Crippen LogP contribution in [0.5, 0.6) is 0 Å². The van der Waals surface area contributed by atoms with E-state index in [-0.39, 0.29) is 10.6 Å². The van der Waals surface area contributed by atoms with Crippen LogP contribution >= 0.6 is 0 Å². The van der Waals surface area contributed by atoms with Crippen molar-refractivity contribution in [2.75, 3.05) is 12.8 Å². The highest BCUT2D eigenvalue weighted by Crippen LogP contribution is 2.27. The largest absolute Gasteiger partial charge is 0.398 e. The molecule has 0 atom stereocenters. The molecular formula is C11H12N2O2S. The van der Waals surface area contributed by atoms with Crippen molar-refractivity contribution >= 4 is 26.5 Å². The molecule has 0 aliphatic rings. The molecule has 16 heavy (non-hydrogen) atoms. The van der Waals surface area contributed by atoms with E-state index in [4.69, 9.17) is 5.73 Å². The summed E-state index contributed by atoms with van der Waals surface area (Å²) in [6.07, 6.45) is 0. The smallest absolute Gasteiger partial charge is 0.242 e. The highest BCUT2D eigenvalue weighted by atomic mass is 32.2. The van der Waals surface area contributed by atoms with Crippen LogP contribution in [0.25, 0.3) is 10.8 Å². The maximum atomic E-state index is 11.8. The van der Waals surface area contributed by atoms with E-state index in [1.54, 1.807) is 24.3 Å². The Balaban J connectivity index is 2.92. The summed E-state index contributed by atoms with van der Waals surface area (Å²) in [4.78, 5) is 0.146. The van der Waals surface area contributed by atoms with Gasteiger partial charge in [0.2, 0.25) is 10.0 Å². The van der Waals surface area contributed by atoms with Gasteiger partial charge in [-0.2, -0.15) is 0 Å². The molecule has 0 radical (unpaired) electrons. The molecule has 0 saturated heterocycles. The van der Waals surface area contributed by atoms with Gasteiger partial charge in [-0.05, 0) is 18.5 Å². The number of nitrogens with one attached hydrogen (secondary N) is 1. The Hall–Kier alpha value is -1.59. The van der Waals surface area contributed by atoms with Gasteiger partial charge in [-0.15, -0.1) is 0 Å². The zero-order chi connectivity index (χ0) is 11.8. The second-order valence-electron chi connectivity index (χ2n) is 3.41. The molecule has 2 aromatic rings. The number of benzene rings is 2. The van der Waals surface area contributed by atoms with Crippen molar-refractivity contribution in [2.45, 2.75) is 4.90 Å². The summed E-state index contributed by atoms with van der Waals surface area (Å²) in [5.41, 5.74) is 5.99. The fraction of sp³-hybridized carbons (Fsp3) is 0.0909. The third kappa shape index (κ3) is 1.64. The van der Waals surface area contributed by atoms with Crippen molar-refractivity contribution in [3.8, 4) is 0 Å². The molecule has 0 fully saturated rings. The van der Waals surface area contributed by atoms with Crippen molar-refractivity contribution in [3.05, 3.63) is 36.4 Å². The van der Waals surface area contributed by atoms with Gasteiger partial charge >= 0.3 is 0 Å². The fourth-order valence-electron chi connectivity index (χ4n) is 1.66. The lowest BCUT2D eigenvalue weighted by atomic mass is 10.1. The first-order chi connectivity index (χ1) is 7.56. The number of hydrogen-bond acceptors (Lipinski definition) is 3. The average molecular weight is 236 g/mol. The van der Waals surface area contributed by atoms with E-state index in [2.05, 4.69) is 4.72 Å². The van der Waals surface area contributed by atoms with E-state index >= 15 is 0 Å². The third-order valence-corrected chi connectivity index (χ3v) is 3.98. The van der Waals surface area contributed by atoms with Gasteiger partial charge in [0.25, 0.3) is 0 Å². The molecule has 0 amide bonds. The molecule has 5 heteroatoms. The molecule has 0 aliphatic heterocycles. The maximum absolute atomic E-state index is 11.8. The minimum atomic E-state index is -3.53. The van der Waals surface area contributed by atoms with Crippen molar-refractivity contribution in [1.82, 2.24) is 4.72 Å². The molecule has 0 aromatic heterocycles. The van der Waals surface area contributed by atoms with Crippen LogP contribution in [-0.2, 0) is 10.0 Å². The number of nitrogen functional groups attached to an aromatic ring is 1. The van der Waals surface area contributed by atoms with E-state index in [1.165, 1.54) is 7.05 Å². The Bertz CT molecular complexity index is 635. The predicted octanol–water partition coefficient (Wildman–Crippen LogP) is 1.33. The highest BCUT2D eigenvalue weighted by molar-refractivity contribution is 7.89. The van der Waals surface area contributed by atoms with Crippen LogP contribution in [0.2, 0.25) is 0 Å². The lowest BCUT2D eigenvalue weighted by Gasteiger charge is -2.09. The summed E-state index contributed by atoms with van der Waals surface area (Å²) < 4.78 is 26.0. The number of nitrogens with two attached hydrogens (primary N) is 1. The summed E-state index contributed by atoms with van der Waals surface area (Å²) in [6.45, 7) is 0. The second kappa shape index (κ2) is 3.77. The topological polar surface area (TPSA) is 72.2 Å². The van der Waals surface area contributed by atoms with Gasteiger partial charge in [-0.25, -0.2) is 13.1 Å². The molecule has 0 aliphatic carbocycles. The average Bonchev–Trinajstić information content (AvgIpc) is 2.28. The van der Waals surface area contributed by atoms with Crippen molar-refractivity contribution in [3.63, 3.8) is 0 Å². The molecule has 3 N–H and O–H groups in total. The van der Waals surface area contributed by atoms with Crippen molar-refractivity contribution < 1.29 is 8.42 Å². The van der Waals surface area contributed by atoms with Gasteiger partial charge in [-0.3, -0.25) is 0 Å². The third-order valence-electron chi connectivity index (χ3n) is 2.45. The Morgan fingerprint density at radius 3 is 2.50 bits per heavy atom. The molecule has 2 rings (SSSR count). The Morgan fingerprint density at radius 1 is 1.12 bits per heavy atom. The molecular weight excluding hydrogens is 224 g/mol. The molecule has 0 bridgehead atoms. The van der Waals surface area contributed by atoms with E-state index in [0.717, 1.165) is 5.39 Å². The molecule has 0 saturated carbocycles. The van der Waals surface area contributed by atoms with Crippen molar-refractivity contribution in [2.24, 2.45) is 0 Å². The summed E-state index contributed by atoms with van der Waals surface area (Å²) in [6, 6.07) is 10.6. The van der Waals surface area contributed by atoms with Crippen LogP contribution in [0.1, 0.15) is 0 Å². The van der Waals surface area contributed by atoms with Gasteiger partial charge in [0.05, 0.1) is 5.69 Å². The lowest BCUT2D eigenvalue weighted by Crippen LogP contribution is -2.20. The van der Waals surface area contributed by atoms with Crippen LogP contribution in [0, 0.1) is 0 Å². The maximum Gasteiger partial charge on any atom is 0.242 e. The monoisotopic (exact) mass is 236 g/mol. The van der Waals surface area contributed by atoms with E-state index in [0.29, 0.717) is 5.39 Å². The van der Waals surface area contributed by atoms with Gasteiger partial charge in [0, 0.05) is 5.39 Å². The van der Waals surface area contributed by atoms with Gasteiger partial charge in [-0.1, -0.05) is 30.3 Å². The zero-order valence-electron chi connectivity index (χ0n) is 8.77. The molecule has 4 nitrogen and oxygen atoms in total. The number of fused-ring (bicyclic) bond motifs is 1. The minimum Gasteiger partial charge on any atom is -0.398 e. The molecule has 0 heterocycles. The first-order valence-corrected chi connectivity index (χ1v) is 6.25. The number of sulfonamides is 1. The van der Waals surface area contributed by atoms with E-state index in [9.17, 15) is 8.42 Å². The van der Waals surface area contributed by atoms with E-state index in [1.807, 2.05) is 12.1 Å². The van der Waals surface area contributed by atoms with Crippen LogP contribution in [0.15, 0.2) is 41.3 Å². The Labute approximate surface area is 94.1 Å². The van der Waals surface area contributed by atoms with Gasteiger partial charge in [0.15, 0.2) is 0 Å². The molecule has 2 aromatic carbocycles. The highest BCUT2D eigenvalue weighted by Gasteiger charge is 2.18. The second-order valence-corrected chi connectivity index (χ2v) is 5.24. The predicted molar refractivity (Wildman–Crippen MR) is 64.6 cm³/mol. The SMILES string of the molecule is CNS(=O)(=O)c1c(N)ccc2ccccc12. The fourth-order valence-corrected chi connectivity index (χ4v) is 2.72. The first kappa shape index (κ1) is 10.9. The zero-order valence-corrected chi connectivity index (χ0v) is 9.58. The Morgan fingerprint density at radius 2 is 1.81 bits per heavy atom. The number of rotatable bonds is 2. The summed E-state index contributed by atoms with van der Waals surface area (Å²) >= 11 is 0. The van der Waals surface area contributed by atoms with Crippen LogP contribution in [0.3, 0.4) is 0 Å². The molecule has 84 valence electrons. The summed E-state index contributed by atoms with van der Waals surface area (Å²) in [5, 5.41) is 1.49. The van der Waals surface area contributed by atoms with Crippen LogP contribution in [0.4, 0.5) is 5.69 Å². The number of hydrogen-bond donors (Lipinski definition) is 2. The number of anilines is 1. The Kier molecular flexibility index (Phi) is 2.57. The summed E-state index contributed by atoms with van der Waals surface area (Å²) in [7, 11) is -2.16. The minimum absolute atomic E-state index is 0.146. The van der Waals surface area contributed by atoms with E-state index < -0.39 is 10.0 Å². The van der Waals surface area contributed by atoms with Crippen molar-refractivity contribution in [1.29, 1.82) is 0 Å². The summed E-state index contributed by atoms with van der Waals surface area (Å²) in [5.74, 6) is 0. The lowest BCUT2D eigenvalue weighted by molar-refractivity contribution is 0.589. The quantitative estimate of drug-likeness (QED) is 0.773.